The summed E-state index contributed by atoms with van der Waals surface area (Å²) in [5, 5.41) is 3.48. The van der Waals surface area contributed by atoms with Gasteiger partial charge in [0.05, 0.1) is 5.39 Å². The molecule has 0 unspecified atom stereocenters. The molecule has 0 radical (unpaired) electrons. The molecule has 98 valence electrons. The van der Waals surface area contributed by atoms with Gasteiger partial charge in [0, 0.05) is 24.7 Å². The van der Waals surface area contributed by atoms with Crippen molar-refractivity contribution in [3.63, 3.8) is 0 Å². The zero-order chi connectivity index (χ0) is 13.8. The van der Waals surface area contributed by atoms with Gasteiger partial charge in [0.15, 0.2) is 11.2 Å². The molecule has 1 aromatic carbocycles. The first kappa shape index (κ1) is 13.2. The average molecular weight is 276 g/mol. The highest BCUT2D eigenvalue weighted by Gasteiger charge is 2.07. The maximum Gasteiger partial charge on any atom is 0.193 e. The van der Waals surface area contributed by atoms with Gasteiger partial charge in [-0.2, -0.15) is 0 Å². The van der Waals surface area contributed by atoms with Crippen LogP contribution in [-0.4, -0.2) is 17.8 Å². The van der Waals surface area contributed by atoms with Gasteiger partial charge in [-0.15, -0.1) is 0 Å². The predicted molar refractivity (Wildman–Crippen MR) is 77.5 cm³/mol. The van der Waals surface area contributed by atoms with Crippen molar-refractivity contribution >= 4 is 40.1 Å². The van der Waals surface area contributed by atoms with Crippen LogP contribution in [0.4, 0.5) is 5.69 Å². The van der Waals surface area contributed by atoms with E-state index in [1.165, 1.54) is 6.07 Å². The van der Waals surface area contributed by atoms with E-state index in [-0.39, 0.29) is 16.2 Å². The maximum absolute atomic E-state index is 11.9. The van der Waals surface area contributed by atoms with E-state index in [1.54, 1.807) is 18.2 Å². The number of nitrogens with two attached hydrogens (primary N) is 1. The minimum Gasteiger partial charge on any atom is -0.453 e. The lowest BCUT2D eigenvalue weighted by Crippen LogP contribution is -2.13. The van der Waals surface area contributed by atoms with Gasteiger partial charge in [-0.3, -0.25) is 4.79 Å². The first-order valence-corrected chi connectivity index (χ1v) is 6.08. The Balaban J connectivity index is 2.41. The van der Waals surface area contributed by atoms with Crippen molar-refractivity contribution in [2.24, 2.45) is 5.73 Å². The van der Waals surface area contributed by atoms with Crippen LogP contribution in [0.3, 0.4) is 0 Å². The number of thiocarbonyl (C=S) groups is 1. The fourth-order valence-electron chi connectivity index (χ4n) is 1.66. The molecule has 0 saturated heterocycles. The second-order valence-electron chi connectivity index (χ2n) is 3.93. The van der Waals surface area contributed by atoms with Gasteiger partial charge in [-0.1, -0.05) is 12.2 Å². The fraction of sp³-hybridized carbons (Fsp3) is 0.154. The van der Waals surface area contributed by atoms with Gasteiger partial charge in [0.25, 0.3) is 0 Å². The molecule has 2 rings (SSSR count). The smallest absolute Gasteiger partial charge is 0.193 e. The SMILES string of the molecule is NC(=S)c1cc(=O)c2cc(NCCC=O)ccc2o1. The monoisotopic (exact) mass is 276 g/mol. The Kier molecular flexibility index (Phi) is 3.91. The number of hydrogen-bond acceptors (Lipinski definition) is 5. The minimum absolute atomic E-state index is 0.0483. The molecule has 0 atom stereocenters. The molecule has 1 heterocycles. The van der Waals surface area contributed by atoms with E-state index in [2.05, 4.69) is 5.32 Å². The van der Waals surface area contributed by atoms with Crippen molar-refractivity contribution < 1.29 is 9.21 Å². The third kappa shape index (κ3) is 2.97. The standard InChI is InChI=1S/C13H12N2O3S/c14-13(19)12-7-10(17)9-6-8(15-4-1-5-16)2-3-11(9)18-12/h2-3,5-7,15H,1,4H2,(H2,14,19). The molecule has 0 bridgehead atoms. The van der Waals surface area contributed by atoms with Crippen molar-refractivity contribution in [2.45, 2.75) is 6.42 Å². The number of benzene rings is 1. The summed E-state index contributed by atoms with van der Waals surface area (Å²) in [5.74, 6) is 0.203. The van der Waals surface area contributed by atoms with Crippen molar-refractivity contribution in [1.82, 2.24) is 0 Å². The van der Waals surface area contributed by atoms with Crippen LogP contribution in [0.25, 0.3) is 11.0 Å². The van der Waals surface area contributed by atoms with Crippen LogP contribution in [-0.2, 0) is 4.79 Å². The number of hydrogen-bond donors (Lipinski definition) is 2. The van der Waals surface area contributed by atoms with Gasteiger partial charge >= 0.3 is 0 Å². The Morgan fingerprint density at radius 3 is 2.89 bits per heavy atom. The van der Waals surface area contributed by atoms with Crippen LogP contribution < -0.4 is 16.5 Å². The molecule has 2 aromatic rings. The molecule has 19 heavy (non-hydrogen) atoms. The Bertz CT molecular complexity index is 694. The summed E-state index contributed by atoms with van der Waals surface area (Å²) in [6.07, 6.45) is 1.24. The molecule has 3 N–H and O–H groups in total. The number of carbonyl (C=O) groups excluding carboxylic acids is 1. The quantitative estimate of drug-likeness (QED) is 0.488. The van der Waals surface area contributed by atoms with Gasteiger partial charge < -0.3 is 20.3 Å². The van der Waals surface area contributed by atoms with Gasteiger partial charge in [-0.25, -0.2) is 0 Å². The molecule has 0 saturated carbocycles. The van der Waals surface area contributed by atoms with E-state index in [0.717, 1.165) is 12.0 Å². The molecule has 5 nitrogen and oxygen atoms in total. The Hall–Kier alpha value is -2.21. The second-order valence-corrected chi connectivity index (χ2v) is 4.37. The summed E-state index contributed by atoms with van der Waals surface area (Å²) in [6, 6.07) is 6.39. The molecular weight excluding hydrogens is 264 g/mol. The number of fused-ring (bicyclic) bond motifs is 1. The van der Waals surface area contributed by atoms with E-state index >= 15 is 0 Å². The fourth-order valence-corrected chi connectivity index (χ4v) is 1.76. The minimum atomic E-state index is -0.205. The van der Waals surface area contributed by atoms with Crippen LogP contribution in [0.2, 0.25) is 0 Å². The molecular formula is C13H12N2O3S. The van der Waals surface area contributed by atoms with Gasteiger partial charge in [0.1, 0.15) is 16.9 Å². The summed E-state index contributed by atoms with van der Waals surface area (Å²) in [4.78, 5) is 22.2. The first-order chi connectivity index (χ1) is 9.11. The van der Waals surface area contributed by atoms with Crippen LogP contribution >= 0.6 is 12.2 Å². The van der Waals surface area contributed by atoms with E-state index in [1.807, 2.05) is 0 Å². The Labute approximate surface area is 114 Å². The van der Waals surface area contributed by atoms with Crippen LogP contribution in [0.1, 0.15) is 12.2 Å². The lowest BCUT2D eigenvalue weighted by atomic mass is 10.2. The summed E-state index contributed by atoms with van der Waals surface area (Å²) in [6.45, 7) is 0.519. The van der Waals surface area contributed by atoms with Crippen molar-refractivity contribution in [3.05, 3.63) is 40.2 Å². The number of anilines is 1. The Morgan fingerprint density at radius 1 is 1.42 bits per heavy atom. The summed E-state index contributed by atoms with van der Waals surface area (Å²) < 4.78 is 5.43. The lowest BCUT2D eigenvalue weighted by molar-refractivity contribution is -0.107. The molecule has 1 aromatic heterocycles. The van der Waals surface area contributed by atoms with E-state index < -0.39 is 0 Å². The zero-order valence-corrected chi connectivity index (χ0v) is 10.8. The zero-order valence-electron chi connectivity index (χ0n) is 10.0. The van der Waals surface area contributed by atoms with E-state index in [0.29, 0.717) is 23.9 Å². The van der Waals surface area contributed by atoms with Crippen LogP contribution in [0, 0.1) is 0 Å². The Morgan fingerprint density at radius 2 is 2.21 bits per heavy atom. The van der Waals surface area contributed by atoms with Gasteiger partial charge in [0.2, 0.25) is 0 Å². The third-order valence-corrected chi connectivity index (χ3v) is 2.76. The number of aldehydes is 1. The maximum atomic E-state index is 11.9. The normalized spacial score (nSPS) is 10.3. The number of carbonyl (C=O) groups is 1. The number of rotatable bonds is 5. The molecule has 0 aliphatic carbocycles. The topological polar surface area (TPSA) is 85.3 Å². The molecule has 0 spiro atoms. The van der Waals surface area contributed by atoms with Crippen molar-refractivity contribution in [3.8, 4) is 0 Å². The highest BCUT2D eigenvalue weighted by Crippen LogP contribution is 2.17. The summed E-state index contributed by atoms with van der Waals surface area (Å²) >= 11 is 4.78. The molecule has 0 aliphatic rings. The van der Waals surface area contributed by atoms with Crippen LogP contribution in [0.5, 0.6) is 0 Å². The third-order valence-electron chi connectivity index (χ3n) is 2.56. The second kappa shape index (κ2) is 5.62. The average Bonchev–Trinajstić information content (AvgIpc) is 2.39. The largest absolute Gasteiger partial charge is 0.453 e. The summed E-state index contributed by atoms with van der Waals surface area (Å²) in [5.41, 5.74) is 6.41. The van der Waals surface area contributed by atoms with Crippen molar-refractivity contribution in [2.75, 3.05) is 11.9 Å². The first-order valence-electron chi connectivity index (χ1n) is 5.67. The van der Waals surface area contributed by atoms with Crippen molar-refractivity contribution in [1.29, 1.82) is 0 Å². The molecule has 0 amide bonds. The number of nitrogens with one attached hydrogen (secondary N) is 1. The molecule has 6 heteroatoms. The highest BCUT2D eigenvalue weighted by atomic mass is 32.1. The van der Waals surface area contributed by atoms with E-state index in [9.17, 15) is 9.59 Å². The highest BCUT2D eigenvalue weighted by molar-refractivity contribution is 7.80. The molecule has 0 fully saturated rings. The predicted octanol–water partition coefficient (Wildman–Crippen LogP) is 1.43. The lowest BCUT2D eigenvalue weighted by Gasteiger charge is -2.06. The van der Waals surface area contributed by atoms with E-state index in [4.69, 9.17) is 22.4 Å². The molecule has 0 aliphatic heterocycles. The van der Waals surface area contributed by atoms with Crippen LogP contribution in [0.15, 0.2) is 33.5 Å². The van der Waals surface area contributed by atoms with Gasteiger partial charge in [-0.05, 0) is 18.2 Å². The summed E-state index contributed by atoms with van der Waals surface area (Å²) in [7, 11) is 0.